The van der Waals surface area contributed by atoms with Crippen LogP contribution in [-0.2, 0) is 19.6 Å². The highest BCUT2D eigenvalue weighted by molar-refractivity contribution is 7.89. The smallest absolute Gasteiger partial charge is 0.341 e. The van der Waals surface area contributed by atoms with Crippen LogP contribution in [0.2, 0.25) is 0 Å². The van der Waals surface area contributed by atoms with Gasteiger partial charge in [-0.1, -0.05) is 27.7 Å². The fourth-order valence-electron chi connectivity index (χ4n) is 2.20. The molecule has 1 aromatic rings. The Bertz CT molecular complexity index is 776. The zero-order valence-corrected chi connectivity index (χ0v) is 17.1. The van der Waals surface area contributed by atoms with E-state index >= 15 is 0 Å². The third kappa shape index (κ3) is 6.00. The van der Waals surface area contributed by atoms with Crippen molar-refractivity contribution in [2.75, 3.05) is 19.7 Å². The van der Waals surface area contributed by atoms with Crippen LogP contribution in [0, 0.1) is 11.7 Å². The molecule has 0 aliphatic rings. The minimum atomic E-state index is -3.85. The van der Waals surface area contributed by atoms with Crippen molar-refractivity contribution in [3.63, 3.8) is 0 Å². The van der Waals surface area contributed by atoms with E-state index in [0.29, 0.717) is 0 Å². The Morgan fingerprint density at radius 3 is 2.30 bits per heavy atom. The van der Waals surface area contributed by atoms with Crippen molar-refractivity contribution in [2.45, 2.75) is 45.6 Å². The maximum atomic E-state index is 14.0. The number of halogens is 1. The molecule has 0 unspecified atom stereocenters. The van der Waals surface area contributed by atoms with Crippen molar-refractivity contribution in [3.8, 4) is 0 Å². The normalized spacial score (nSPS) is 12.9. The Hall–Kier alpha value is -2.00. The topological polar surface area (TPSA) is 92.8 Å². The average molecular weight is 402 g/mol. The molecule has 0 aliphatic heterocycles. The van der Waals surface area contributed by atoms with Crippen LogP contribution >= 0.6 is 0 Å². The van der Waals surface area contributed by atoms with E-state index in [1.54, 1.807) is 13.8 Å². The van der Waals surface area contributed by atoms with Crippen LogP contribution in [0.15, 0.2) is 23.1 Å². The zero-order chi connectivity index (χ0) is 20.8. The first-order valence-corrected chi connectivity index (χ1v) is 10.2. The molecule has 0 fully saturated rings. The Labute approximate surface area is 159 Å². The minimum Gasteiger partial charge on any atom is -0.452 e. The summed E-state index contributed by atoms with van der Waals surface area (Å²) in [5.74, 6) is -2.34. The summed E-state index contributed by atoms with van der Waals surface area (Å²) < 4.78 is 45.1. The lowest BCUT2D eigenvalue weighted by atomic mass is 10.1. The number of carbonyl (C=O) groups excluding carboxylic acids is 2. The number of amides is 1. The van der Waals surface area contributed by atoms with Gasteiger partial charge in [-0.25, -0.2) is 17.6 Å². The lowest BCUT2D eigenvalue weighted by molar-refractivity contribution is -0.125. The van der Waals surface area contributed by atoms with E-state index in [0.717, 1.165) is 18.2 Å². The molecule has 27 heavy (non-hydrogen) atoms. The maximum Gasteiger partial charge on any atom is 0.341 e. The second-order valence-corrected chi connectivity index (χ2v) is 8.35. The van der Waals surface area contributed by atoms with Crippen molar-refractivity contribution in [1.29, 1.82) is 0 Å². The van der Waals surface area contributed by atoms with Gasteiger partial charge < -0.3 is 10.1 Å². The van der Waals surface area contributed by atoms with Crippen LogP contribution in [0.3, 0.4) is 0 Å². The van der Waals surface area contributed by atoms with Crippen molar-refractivity contribution in [1.82, 2.24) is 9.62 Å². The fourth-order valence-corrected chi connectivity index (χ4v) is 3.69. The van der Waals surface area contributed by atoms with Crippen LogP contribution < -0.4 is 5.32 Å². The fraction of sp³-hybridized carbons (Fsp3) is 0.556. The van der Waals surface area contributed by atoms with Gasteiger partial charge in [0.2, 0.25) is 10.0 Å². The molecule has 1 amide bonds. The number of esters is 1. The number of nitrogens with zero attached hydrogens (tertiary/aromatic N) is 1. The van der Waals surface area contributed by atoms with Gasteiger partial charge in [0.15, 0.2) is 6.61 Å². The average Bonchev–Trinajstić information content (AvgIpc) is 2.60. The molecule has 1 atom stereocenters. The molecule has 0 bridgehead atoms. The van der Waals surface area contributed by atoms with Crippen molar-refractivity contribution in [2.24, 2.45) is 5.92 Å². The quantitative estimate of drug-likeness (QED) is 0.639. The van der Waals surface area contributed by atoms with Crippen LogP contribution in [0.25, 0.3) is 0 Å². The molecule has 1 rings (SSSR count). The first kappa shape index (κ1) is 23.0. The first-order chi connectivity index (χ1) is 12.5. The summed E-state index contributed by atoms with van der Waals surface area (Å²) in [6, 6.07) is 2.81. The number of carbonyl (C=O) groups is 2. The molecule has 152 valence electrons. The Balaban J connectivity index is 2.94. The van der Waals surface area contributed by atoms with E-state index in [1.807, 2.05) is 20.8 Å². The van der Waals surface area contributed by atoms with E-state index in [4.69, 9.17) is 4.74 Å². The number of sulfonamides is 1. The summed E-state index contributed by atoms with van der Waals surface area (Å²) >= 11 is 0. The molecule has 1 N–H and O–H groups in total. The highest BCUT2D eigenvalue weighted by Crippen LogP contribution is 2.20. The lowest BCUT2D eigenvalue weighted by Gasteiger charge is -2.19. The highest BCUT2D eigenvalue weighted by Gasteiger charge is 2.25. The Kier molecular flexibility index (Phi) is 8.36. The van der Waals surface area contributed by atoms with Crippen LogP contribution in [0.1, 0.15) is 45.0 Å². The van der Waals surface area contributed by atoms with Gasteiger partial charge in [0.1, 0.15) is 5.82 Å². The molecule has 1 aromatic carbocycles. The van der Waals surface area contributed by atoms with Gasteiger partial charge in [-0.3, -0.25) is 4.79 Å². The lowest BCUT2D eigenvalue weighted by Crippen LogP contribution is -2.38. The molecule has 0 radical (unpaired) electrons. The molecule has 0 aromatic heterocycles. The van der Waals surface area contributed by atoms with E-state index in [-0.39, 0.29) is 29.9 Å². The van der Waals surface area contributed by atoms with Gasteiger partial charge in [0.05, 0.1) is 10.5 Å². The summed E-state index contributed by atoms with van der Waals surface area (Å²) in [6.07, 6.45) is 0. The molecule has 0 spiro atoms. The molecule has 0 heterocycles. The molecule has 0 saturated carbocycles. The number of benzene rings is 1. The van der Waals surface area contributed by atoms with E-state index in [1.165, 1.54) is 4.31 Å². The Morgan fingerprint density at radius 1 is 1.19 bits per heavy atom. The van der Waals surface area contributed by atoms with Gasteiger partial charge in [0, 0.05) is 19.1 Å². The van der Waals surface area contributed by atoms with Crippen LogP contribution in [0.4, 0.5) is 4.39 Å². The van der Waals surface area contributed by atoms with Crippen LogP contribution in [0.5, 0.6) is 0 Å². The number of hydrogen-bond acceptors (Lipinski definition) is 5. The summed E-state index contributed by atoms with van der Waals surface area (Å²) in [6.45, 7) is 8.91. The van der Waals surface area contributed by atoms with Crippen molar-refractivity contribution < 1.29 is 27.1 Å². The highest BCUT2D eigenvalue weighted by atomic mass is 32.2. The van der Waals surface area contributed by atoms with E-state index in [2.05, 4.69) is 5.32 Å². The second kappa shape index (κ2) is 9.80. The number of nitrogens with one attached hydrogen (secondary N) is 1. The van der Waals surface area contributed by atoms with Crippen LogP contribution in [-0.4, -0.2) is 50.3 Å². The predicted molar refractivity (Wildman–Crippen MR) is 99.2 cm³/mol. The maximum absolute atomic E-state index is 14.0. The Morgan fingerprint density at radius 2 is 1.78 bits per heavy atom. The standard InChI is InChI=1S/C18H27FN2O5S/c1-6-21(7-2)27(24,25)14-8-9-16(19)15(10-14)18(23)26-11-17(22)20-13(5)12(3)4/h8-10,12-13H,6-7,11H2,1-5H3,(H,20,22)/t13-/m0/s1. The second-order valence-electron chi connectivity index (χ2n) is 6.41. The minimum absolute atomic E-state index is 0.115. The SMILES string of the molecule is CCN(CC)S(=O)(=O)c1ccc(F)c(C(=O)OCC(=O)N[C@@H](C)C(C)C)c1. The van der Waals surface area contributed by atoms with Gasteiger partial charge in [-0.2, -0.15) is 4.31 Å². The molecule has 7 nitrogen and oxygen atoms in total. The molecule has 9 heteroatoms. The summed E-state index contributed by atoms with van der Waals surface area (Å²) in [5.41, 5.74) is -0.534. The van der Waals surface area contributed by atoms with E-state index in [9.17, 15) is 22.4 Å². The monoisotopic (exact) mass is 402 g/mol. The largest absolute Gasteiger partial charge is 0.452 e. The number of hydrogen-bond donors (Lipinski definition) is 1. The predicted octanol–water partition coefficient (Wildman–Crippen LogP) is 2.17. The summed E-state index contributed by atoms with van der Waals surface area (Å²) in [4.78, 5) is 23.7. The number of rotatable bonds is 9. The van der Waals surface area contributed by atoms with E-state index < -0.39 is 39.9 Å². The van der Waals surface area contributed by atoms with Crippen molar-refractivity contribution in [3.05, 3.63) is 29.6 Å². The summed E-state index contributed by atoms with van der Waals surface area (Å²) in [5, 5.41) is 2.65. The third-order valence-electron chi connectivity index (χ3n) is 4.22. The summed E-state index contributed by atoms with van der Waals surface area (Å²) in [7, 11) is -3.85. The first-order valence-electron chi connectivity index (χ1n) is 8.80. The third-order valence-corrected chi connectivity index (χ3v) is 6.27. The molecule has 0 aliphatic carbocycles. The zero-order valence-electron chi connectivity index (χ0n) is 16.3. The van der Waals surface area contributed by atoms with Gasteiger partial charge >= 0.3 is 5.97 Å². The van der Waals surface area contributed by atoms with Gasteiger partial charge in [-0.15, -0.1) is 0 Å². The number of ether oxygens (including phenoxy) is 1. The molecular formula is C18H27FN2O5S. The molecule has 0 saturated heterocycles. The van der Waals surface area contributed by atoms with Gasteiger partial charge in [0.25, 0.3) is 5.91 Å². The van der Waals surface area contributed by atoms with Gasteiger partial charge in [-0.05, 0) is 31.0 Å². The van der Waals surface area contributed by atoms with Crippen molar-refractivity contribution >= 4 is 21.9 Å². The molecular weight excluding hydrogens is 375 g/mol.